The number of aryl methyl sites for hydroxylation is 1. The number of benzene rings is 2. The zero-order chi connectivity index (χ0) is 24.5. The number of sulfonamides is 1. The summed E-state index contributed by atoms with van der Waals surface area (Å²) in [4.78, 5) is 29.1. The minimum Gasteiger partial charge on any atom is -0.454 e. The van der Waals surface area contributed by atoms with Gasteiger partial charge in [0.15, 0.2) is 6.61 Å². The van der Waals surface area contributed by atoms with Gasteiger partial charge in [0.2, 0.25) is 0 Å². The quantitative estimate of drug-likeness (QED) is 0.518. The fraction of sp³-hybridized carbons (Fsp3) is 0.217. The summed E-state index contributed by atoms with van der Waals surface area (Å²) in [5.74, 6) is -1.23. The smallest absolute Gasteiger partial charge is 0.331 e. The summed E-state index contributed by atoms with van der Waals surface area (Å²) < 4.78 is 33.5. The van der Waals surface area contributed by atoms with Crippen molar-refractivity contribution in [2.45, 2.75) is 31.7 Å². The Labute approximate surface area is 196 Å². The molecule has 1 aromatic heterocycles. The summed E-state index contributed by atoms with van der Waals surface area (Å²) >= 11 is 0. The lowest BCUT2D eigenvalue weighted by Gasteiger charge is -2.10. The van der Waals surface area contributed by atoms with Crippen LogP contribution >= 0.6 is 0 Å². The molecule has 0 radical (unpaired) electrons. The number of fused-ring (bicyclic) bond motifs is 1. The Kier molecular flexibility index (Phi) is 6.20. The molecule has 10 nitrogen and oxygen atoms in total. The Hall–Kier alpha value is -3.99. The van der Waals surface area contributed by atoms with Crippen LogP contribution in [0.3, 0.4) is 0 Å². The fourth-order valence-electron chi connectivity index (χ4n) is 3.55. The second-order valence-corrected chi connectivity index (χ2v) is 9.36. The van der Waals surface area contributed by atoms with Crippen molar-refractivity contribution in [3.05, 3.63) is 71.5 Å². The van der Waals surface area contributed by atoms with Crippen molar-refractivity contribution >= 4 is 33.4 Å². The van der Waals surface area contributed by atoms with Gasteiger partial charge in [-0.15, -0.1) is 0 Å². The van der Waals surface area contributed by atoms with Crippen molar-refractivity contribution in [2.24, 2.45) is 4.99 Å². The summed E-state index contributed by atoms with van der Waals surface area (Å²) in [7, 11) is -3.72. The van der Waals surface area contributed by atoms with E-state index in [-0.39, 0.29) is 10.7 Å². The number of ether oxygens (including phenoxy) is 1. The van der Waals surface area contributed by atoms with Gasteiger partial charge in [0.25, 0.3) is 15.9 Å². The van der Waals surface area contributed by atoms with Gasteiger partial charge in [-0.05, 0) is 45.0 Å². The van der Waals surface area contributed by atoms with Crippen molar-refractivity contribution in [3.8, 4) is 5.69 Å². The van der Waals surface area contributed by atoms with E-state index in [0.29, 0.717) is 16.9 Å². The van der Waals surface area contributed by atoms with Crippen LogP contribution < -0.4 is 10.0 Å². The second-order valence-electron chi connectivity index (χ2n) is 7.70. The van der Waals surface area contributed by atoms with E-state index < -0.39 is 34.5 Å². The van der Waals surface area contributed by atoms with Crippen LogP contribution in [0, 0.1) is 13.8 Å². The van der Waals surface area contributed by atoms with Crippen LogP contribution in [0.2, 0.25) is 0 Å². The minimum atomic E-state index is -3.72. The van der Waals surface area contributed by atoms with Crippen LogP contribution in [0.4, 0.5) is 5.69 Å². The highest BCUT2D eigenvalue weighted by molar-refractivity contribution is 7.90. The van der Waals surface area contributed by atoms with Gasteiger partial charge in [-0.2, -0.15) is 5.10 Å². The molecule has 1 atom stereocenters. The lowest BCUT2D eigenvalue weighted by molar-refractivity contribution is -0.148. The molecule has 4 rings (SSSR count). The van der Waals surface area contributed by atoms with Gasteiger partial charge in [0, 0.05) is 5.56 Å². The summed E-state index contributed by atoms with van der Waals surface area (Å²) in [5.41, 5.74) is 3.12. The molecule has 1 amide bonds. The van der Waals surface area contributed by atoms with E-state index >= 15 is 0 Å². The van der Waals surface area contributed by atoms with Crippen molar-refractivity contribution in [1.29, 1.82) is 0 Å². The first-order valence-electron chi connectivity index (χ1n) is 10.5. The number of carbonyl (C=O) groups excluding carboxylic acids is 2. The minimum absolute atomic E-state index is 0.0593. The Morgan fingerprint density at radius 3 is 2.53 bits per heavy atom. The van der Waals surface area contributed by atoms with Crippen LogP contribution in [-0.2, 0) is 24.3 Å². The van der Waals surface area contributed by atoms with Gasteiger partial charge >= 0.3 is 5.97 Å². The zero-order valence-corrected chi connectivity index (χ0v) is 19.6. The van der Waals surface area contributed by atoms with Gasteiger partial charge in [0.05, 0.1) is 27.7 Å². The molecule has 2 aromatic carbocycles. The molecule has 11 heteroatoms. The number of aliphatic imine (C=N–C) groups is 1. The number of hydrogen-bond acceptors (Lipinski definition) is 7. The van der Waals surface area contributed by atoms with E-state index in [1.54, 1.807) is 29.8 Å². The van der Waals surface area contributed by atoms with Crippen LogP contribution in [0.25, 0.3) is 5.69 Å². The van der Waals surface area contributed by atoms with Gasteiger partial charge in [-0.3, -0.25) is 14.5 Å². The lowest BCUT2D eigenvalue weighted by atomic mass is 10.2. The normalized spacial score (nSPS) is 15.9. The van der Waals surface area contributed by atoms with E-state index in [2.05, 4.69) is 20.1 Å². The predicted molar refractivity (Wildman–Crippen MR) is 125 cm³/mol. The standard InChI is InChI=1S/C23H23N5O5S/c1-14-21(16(3)28(26-14)17-9-5-4-6-10-17)25-20(29)13-33-23(30)15(2)24-22-18-11-7-8-12-19(18)34(31,32)27-22/h4-12,15H,13H2,1-3H3,(H,24,27)(H,25,29). The number of rotatable bonds is 6. The van der Waals surface area contributed by atoms with Crippen LogP contribution in [0.15, 0.2) is 64.5 Å². The SMILES string of the molecule is Cc1nn(-c2ccccc2)c(C)c1NC(=O)COC(=O)C(C)N=C1NS(=O)(=O)c2ccccc21. The Morgan fingerprint density at radius 1 is 1.12 bits per heavy atom. The van der Waals surface area contributed by atoms with E-state index in [1.165, 1.54) is 13.0 Å². The molecule has 0 bridgehead atoms. The van der Waals surface area contributed by atoms with Gasteiger partial charge < -0.3 is 10.1 Å². The van der Waals surface area contributed by atoms with Crippen LogP contribution in [-0.4, -0.2) is 48.6 Å². The molecular formula is C23H23N5O5S. The summed E-state index contributed by atoms with van der Waals surface area (Å²) in [5, 5.41) is 7.20. The first-order valence-corrected chi connectivity index (χ1v) is 11.9. The van der Waals surface area contributed by atoms with Gasteiger partial charge in [-0.25, -0.2) is 17.9 Å². The molecule has 2 heterocycles. The van der Waals surface area contributed by atoms with Gasteiger partial charge in [0.1, 0.15) is 11.9 Å². The average molecular weight is 482 g/mol. The highest BCUT2D eigenvalue weighted by atomic mass is 32.2. The summed E-state index contributed by atoms with van der Waals surface area (Å²) in [6, 6.07) is 14.8. The summed E-state index contributed by atoms with van der Waals surface area (Å²) in [6.45, 7) is 4.53. The molecule has 1 aliphatic rings. The summed E-state index contributed by atoms with van der Waals surface area (Å²) in [6.07, 6.45) is 0. The molecule has 0 spiro atoms. The van der Waals surface area contributed by atoms with E-state index in [1.807, 2.05) is 37.3 Å². The van der Waals surface area contributed by atoms with E-state index in [4.69, 9.17) is 4.74 Å². The third kappa shape index (κ3) is 4.55. The van der Waals surface area contributed by atoms with Crippen molar-refractivity contribution in [2.75, 3.05) is 11.9 Å². The number of para-hydroxylation sites is 1. The molecule has 0 saturated carbocycles. The zero-order valence-electron chi connectivity index (χ0n) is 18.8. The first kappa shape index (κ1) is 23.2. The van der Waals surface area contributed by atoms with Crippen LogP contribution in [0.5, 0.6) is 0 Å². The fourth-order valence-corrected chi connectivity index (χ4v) is 4.79. The molecule has 2 N–H and O–H groups in total. The number of esters is 1. The van der Waals surface area contributed by atoms with E-state index in [9.17, 15) is 18.0 Å². The number of hydrogen-bond donors (Lipinski definition) is 2. The highest BCUT2D eigenvalue weighted by Crippen LogP contribution is 2.24. The number of amidine groups is 1. The van der Waals surface area contributed by atoms with Crippen molar-refractivity contribution in [3.63, 3.8) is 0 Å². The Bertz CT molecular complexity index is 1400. The second kappa shape index (κ2) is 9.10. The molecule has 34 heavy (non-hydrogen) atoms. The van der Waals surface area contributed by atoms with E-state index in [0.717, 1.165) is 11.4 Å². The maximum absolute atomic E-state index is 12.4. The first-order chi connectivity index (χ1) is 16.2. The van der Waals surface area contributed by atoms with Crippen LogP contribution in [0.1, 0.15) is 23.9 Å². The molecule has 176 valence electrons. The Balaban J connectivity index is 1.39. The number of nitrogens with zero attached hydrogens (tertiary/aromatic N) is 3. The van der Waals surface area contributed by atoms with Gasteiger partial charge in [-0.1, -0.05) is 30.3 Å². The van der Waals surface area contributed by atoms with Crippen molar-refractivity contribution in [1.82, 2.24) is 14.5 Å². The molecule has 1 unspecified atom stereocenters. The number of anilines is 1. The maximum Gasteiger partial charge on any atom is 0.331 e. The molecule has 0 fully saturated rings. The third-order valence-corrected chi connectivity index (χ3v) is 6.63. The number of carbonyl (C=O) groups is 2. The molecule has 0 aliphatic carbocycles. The monoisotopic (exact) mass is 481 g/mol. The maximum atomic E-state index is 12.4. The van der Waals surface area contributed by atoms with Crippen molar-refractivity contribution < 1.29 is 22.7 Å². The molecule has 3 aromatic rings. The average Bonchev–Trinajstić information content (AvgIpc) is 3.25. The lowest BCUT2D eigenvalue weighted by Crippen LogP contribution is -2.29. The predicted octanol–water partition coefficient (Wildman–Crippen LogP) is 2.10. The topological polar surface area (TPSA) is 132 Å². The largest absolute Gasteiger partial charge is 0.454 e. The number of aromatic nitrogens is 2. The molecule has 0 saturated heterocycles. The Morgan fingerprint density at radius 2 is 1.79 bits per heavy atom. The highest BCUT2D eigenvalue weighted by Gasteiger charge is 2.31. The molecule has 1 aliphatic heterocycles. The number of amides is 1. The number of nitrogens with one attached hydrogen (secondary N) is 2. The molecular weight excluding hydrogens is 458 g/mol. The third-order valence-electron chi connectivity index (χ3n) is 5.23.